The summed E-state index contributed by atoms with van der Waals surface area (Å²) >= 11 is 0. The molecule has 7 nitrogen and oxygen atoms in total. The van der Waals surface area contributed by atoms with Gasteiger partial charge in [0.1, 0.15) is 0 Å². The molecule has 2 aliphatic rings. The number of nitrogens with one attached hydrogen (secondary N) is 1. The summed E-state index contributed by atoms with van der Waals surface area (Å²) in [5.74, 6) is 0.0602. The summed E-state index contributed by atoms with van der Waals surface area (Å²) in [5, 5.41) is 2.97. The van der Waals surface area contributed by atoms with Crippen molar-refractivity contribution in [1.82, 2.24) is 20.0 Å². The van der Waals surface area contributed by atoms with Gasteiger partial charge in [-0.1, -0.05) is 19.3 Å². The van der Waals surface area contributed by atoms with Gasteiger partial charge in [0.15, 0.2) is 0 Å². The van der Waals surface area contributed by atoms with Crippen LogP contribution in [-0.2, 0) is 9.53 Å². The van der Waals surface area contributed by atoms with Crippen LogP contribution >= 0.6 is 0 Å². The molecule has 2 rings (SSSR count). The maximum atomic E-state index is 12.0. The third-order valence-corrected chi connectivity index (χ3v) is 4.94. The molecule has 144 valence electrons. The summed E-state index contributed by atoms with van der Waals surface area (Å²) < 4.78 is 5.87. The van der Waals surface area contributed by atoms with Gasteiger partial charge in [-0.2, -0.15) is 0 Å². The predicted molar refractivity (Wildman–Crippen MR) is 97.5 cm³/mol. The normalized spacial score (nSPS) is 19.7. The van der Waals surface area contributed by atoms with Gasteiger partial charge in [-0.15, -0.1) is 0 Å². The summed E-state index contributed by atoms with van der Waals surface area (Å²) in [4.78, 5) is 29.4. The number of amides is 3. The molecule has 25 heavy (non-hydrogen) atoms. The lowest BCUT2D eigenvalue weighted by atomic mass is 9.98. The Morgan fingerprint density at radius 1 is 1.08 bits per heavy atom. The number of nitrogens with zero attached hydrogens (tertiary/aromatic N) is 3. The third kappa shape index (κ3) is 7.20. The SMILES string of the molecule is CN(C)C(=O)N1CCN(CC(=O)NCCCOC2CCCCC2)CC1. The number of urea groups is 1. The van der Waals surface area contributed by atoms with E-state index in [0.29, 0.717) is 32.3 Å². The molecule has 1 N–H and O–H groups in total. The first kappa shape index (κ1) is 20.0. The molecule has 2 fully saturated rings. The Bertz CT molecular complexity index is 417. The Balaban J connectivity index is 1.50. The minimum Gasteiger partial charge on any atom is -0.378 e. The van der Waals surface area contributed by atoms with Crippen LogP contribution in [0.25, 0.3) is 0 Å². The fraction of sp³-hybridized carbons (Fsp3) is 0.889. The number of hydrogen-bond acceptors (Lipinski definition) is 4. The molecule has 0 bridgehead atoms. The Labute approximate surface area is 151 Å². The fourth-order valence-corrected chi connectivity index (χ4v) is 3.42. The van der Waals surface area contributed by atoms with Crippen molar-refractivity contribution in [3.05, 3.63) is 0 Å². The van der Waals surface area contributed by atoms with Gasteiger partial charge in [0.2, 0.25) is 5.91 Å². The molecule has 1 saturated heterocycles. The van der Waals surface area contributed by atoms with E-state index in [0.717, 1.165) is 26.1 Å². The largest absolute Gasteiger partial charge is 0.378 e. The first-order valence-electron chi connectivity index (χ1n) is 9.63. The zero-order valence-corrected chi connectivity index (χ0v) is 15.8. The zero-order chi connectivity index (χ0) is 18.1. The van der Waals surface area contributed by atoms with Crippen LogP contribution in [0.3, 0.4) is 0 Å². The van der Waals surface area contributed by atoms with E-state index in [1.807, 2.05) is 4.90 Å². The van der Waals surface area contributed by atoms with E-state index in [2.05, 4.69) is 10.2 Å². The summed E-state index contributed by atoms with van der Waals surface area (Å²) in [6.45, 7) is 4.67. The minimum atomic E-state index is 0.0436. The monoisotopic (exact) mass is 354 g/mol. The second-order valence-electron chi connectivity index (χ2n) is 7.27. The average Bonchev–Trinajstić information content (AvgIpc) is 2.62. The van der Waals surface area contributed by atoms with Crippen LogP contribution in [0.5, 0.6) is 0 Å². The summed E-state index contributed by atoms with van der Waals surface area (Å²) in [6, 6.07) is 0.0436. The third-order valence-electron chi connectivity index (χ3n) is 4.94. The molecule has 0 aromatic rings. The van der Waals surface area contributed by atoms with Crippen molar-refractivity contribution < 1.29 is 14.3 Å². The molecule has 0 atom stereocenters. The molecule has 0 aromatic carbocycles. The van der Waals surface area contributed by atoms with E-state index >= 15 is 0 Å². The highest BCUT2D eigenvalue weighted by Crippen LogP contribution is 2.20. The molecule has 1 heterocycles. The van der Waals surface area contributed by atoms with Crippen LogP contribution in [0.4, 0.5) is 4.79 Å². The molecule has 3 amide bonds. The van der Waals surface area contributed by atoms with Gasteiger partial charge in [0.05, 0.1) is 12.6 Å². The highest BCUT2D eigenvalue weighted by Gasteiger charge is 2.23. The number of piperazine rings is 1. The van der Waals surface area contributed by atoms with E-state index < -0.39 is 0 Å². The first-order valence-corrected chi connectivity index (χ1v) is 9.63. The van der Waals surface area contributed by atoms with Gasteiger partial charge in [-0.25, -0.2) is 4.79 Å². The Hall–Kier alpha value is -1.34. The van der Waals surface area contributed by atoms with Crippen molar-refractivity contribution in [2.75, 3.05) is 60.0 Å². The van der Waals surface area contributed by atoms with Crippen molar-refractivity contribution in [3.8, 4) is 0 Å². The number of rotatable bonds is 7. The number of ether oxygens (including phenoxy) is 1. The van der Waals surface area contributed by atoms with Crippen molar-refractivity contribution in [3.63, 3.8) is 0 Å². The molecule has 0 aromatic heterocycles. The number of carbonyl (C=O) groups excluding carboxylic acids is 2. The van der Waals surface area contributed by atoms with Gasteiger partial charge in [-0.05, 0) is 19.3 Å². The van der Waals surface area contributed by atoms with E-state index in [-0.39, 0.29) is 11.9 Å². The van der Waals surface area contributed by atoms with E-state index in [1.54, 1.807) is 19.0 Å². The number of hydrogen-bond donors (Lipinski definition) is 1. The number of carbonyl (C=O) groups is 2. The van der Waals surface area contributed by atoms with Crippen molar-refractivity contribution >= 4 is 11.9 Å². The fourth-order valence-electron chi connectivity index (χ4n) is 3.42. The highest BCUT2D eigenvalue weighted by atomic mass is 16.5. The summed E-state index contributed by atoms with van der Waals surface area (Å²) in [7, 11) is 3.53. The summed E-state index contributed by atoms with van der Waals surface area (Å²) in [5.41, 5.74) is 0. The van der Waals surface area contributed by atoms with E-state index in [1.165, 1.54) is 32.1 Å². The van der Waals surface area contributed by atoms with Crippen LogP contribution in [0, 0.1) is 0 Å². The smallest absolute Gasteiger partial charge is 0.319 e. The molecule has 1 aliphatic heterocycles. The van der Waals surface area contributed by atoms with Gasteiger partial charge >= 0.3 is 6.03 Å². The lowest BCUT2D eigenvalue weighted by Crippen LogP contribution is -2.53. The molecule has 7 heteroatoms. The molecule has 1 saturated carbocycles. The van der Waals surface area contributed by atoms with Crippen molar-refractivity contribution in [2.45, 2.75) is 44.6 Å². The molecular formula is C18H34N4O3. The molecule has 0 radical (unpaired) electrons. The molecular weight excluding hydrogens is 320 g/mol. The van der Waals surface area contributed by atoms with E-state index in [4.69, 9.17) is 4.74 Å². The molecule has 0 unspecified atom stereocenters. The highest BCUT2D eigenvalue weighted by molar-refractivity contribution is 5.78. The van der Waals surface area contributed by atoms with Crippen LogP contribution in [0.2, 0.25) is 0 Å². The van der Waals surface area contributed by atoms with Gasteiger partial charge < -0.3 is 19.9 Å². The minimum absolute atomic E-state index is 0.0436. The lowest BCUT2D eigenvalue weighted by Gasteiger charge is -2.35. The second kappa shape index (κ2) is 10.6. The van der Waals surface area contributed by atoms with Crippen LogP contribution in [-0.4, -0.2) is 92.7 Å². The van der Waals surface area contributed by atoms with Gasteiger partial charge in [-0.3, -0.25) is 9.69 Å². The standard InChI is InChI=1S/C18H34N4O3/c1-20(2)18(24)22-12-10-21(11-13-22)15-17(23)19-9-6-14-25-16-7-4-3-5-8-16/h16H,3-15H2,1-2H3,(H,19,23). The maximum Gasteiger partial charge on any atom is 0.319 e. The van der Waals surface area contributed by atoms with E-state index in [9.17, 15) is 9.59 Å². The van der Waals surface area contributed by atoms with Crippen molar-refractivity contribution in [2.24, 2.45) is 0 Å². The quantitative estimate of drug-likeness (QED) is 0.697. The lowest BCUT2D eigenvalue weighted by molar-refractivity contribution is -0.122. The van der Waals surface area contributed by atoms with Crippen LogP contribution in [0.1, 0.15) is 38.5 Å². The van der Waals surface area contributed by atoms with Crippen molar-refractivity contribution in [1.29, 1.82) is 0 Å². The second-order valence-corrected chi connectivity index (χ2v) is 7.27. The van der Waals surface area contributed by atoms with Crippen LogP contribution in [0.15, 0.2) is 0 Å². The Morgan fingerprint density at radius 2 is 1.76 bits per heavy atom. The maximum absolute atomic E-state index is 12.0. The molecule has 0 spiro atoms. The van der Waals surface area contributed by atoms with Crippen LogP contribution < -0.4 is 5.32 Å². The topological polar surface area (TPSA) is 65.1 Å². The Morgan fingerprint density at radius 3 is 2.40 bits per heavy atom. The van der Waals surface area contributed by atoms with Gasteiger partial charge in [0, 0.05) is 53.4 Å². The molecule has 1 aliphatic carbocycles. The zero-order valence-electron chi connectivity index (χ0n) is 15.8. The summed E-state index contributed by atoms with van der Waals surface area (Å²) in [6.07, 6.45) is 7.60. The average molecular weight is 354 g/mol. The Kier molecular flexibility index (Phi) is 8.48. The predicted octanol–water partition coefficient (Wildman–Crippen LogP) is 1.14. The van der Waals surface area contributed by atoms with Gasteiger partial charge in [0.25, 0.3) is 0 Å². The first-order chi connectivity index (χ1) is 12.1.